The van der Waals surface area contributed by atoms with Gasteiger partial charge in [0, 0.05) is 25.5 Å². The number of Topliss-reactive ketones (excluding diaryl/α,β-unsaturated/α-hetero) is 2. The fraction of sp³-hybridized carbons (Fsp3) is 0.389. The molecule has 10 heteroatoms. The second-order valence-electron chi connectivity index (χ2n) is 6.04. The molecule has 1 aliphatic rings. The van der Waals surface area contributed by atoms with Gasteiger partial charge in [0.05, 0.1) is 10.8 Å². The number of sulfone groups is 1. The van der Waals surface area contributed by atoms with Crippen molar-refractivity contribution in [3.63, 3.8) is 0 Å². The molecule has 28 heavy (non-hydrogen) atoms. The van der Waals surface area contributed by atoms with Gasteiger partial charge in [-0.2, -0.15) is 0 Å². The summed E-state index contributed by atoms with van der Waals surface area (Å²) in [4.78, 5) is 35.4. The maximum absolute atomic E-state index is 12.4. The molecule has 0 spiro atoms. The predicted molar refractivity (Wildman–Crippen MR) is 102 cm³/mol. The first-order valence-electron chi connectivity index (χ1n) is 8.52. The van der Waals surface area contributed by atoms with Crippen LogP contribution < -0.4 is 10.1 Å². The van der Waals surface area contributed by atoms with Crippen LogP contribution in [0, 0.1) is 0 Å². The summed E-state index contributed by atoms with van der Waals surface area (Å²) in [7, 11) is -2.39. The quantitative estimate of drug-likeness (QED) is 0.401. The number of carbonyl (C=O) groups excluding carboxylic acids is 3. The number of ether oxygens (including phenoxy) is 1. The average molecular weight is 430 g/mol. The van der Waals surface area contributed by atoms with E-state index >= 15 is 0 Å². The largest absolute Gasteiger partial charge is 0.506 e. The molecule has 2 rings (SSSR count). The van der Waals surface area contributed by atoms with Gasteiger partial charge in [-0.15, -0.1) is 0 Å². The molecule has 0 heterocycles. The number of nitrogens with one attached hydrogen (secondary N) is 1. The van der Waals surface area contributed by atoms with Gasteiger partial charge in [0.2, 0.25) is 0 Å². The Kier molecular flexibility index (Phi) is 6.84. The number of halogens is 1. The van der Waals surface area contributed by atoms with Crippen molar-refractivity contribution in [1.29, 1.82) is 0 Å². The molecule has 0 saturated heterocycles. The molecule has 0 bridgehead atoms. The Bertz CT molecular complexity index is 948. The van der Waals surface area contributed by atoms with E-state index in [1.165, 1.54) is 20.0 Å². The van der Waals surface area contributed by atoms with Crippen molar-refractivity contribution in [2.75, 3.05) is 19.4 Å². The van der Waals surface area contributed by atoms with Crippen LogP contribution in [0.15, 0.2) is 22.6 Å². The Labute approximate surface area is 167 Å². The third-order valence-electron chi connectivity index (χ3n) is 4.26. The standard InChI is InChI=1S/C18H20ClNO7S/c1-3-28(25,26)13-8-7-10(16(19)18(13)27-9-14(23)20-2)17(24)15-11(21)5-4-6-12(15)22/h7-8,24H,3-6,9H2,1-2H3,(H,20,23). The van der Waals surface area contributed by atoms with Crippen molar-refractivity contribution in [3.8, 4) is 5.75 Å². The van der Waals surface area contributed by atoms with Crippen LogP contribution in [0.4, 0.5) is 0 Å². The molecular weight excluding hydrogens is 410 g/mol. The Morgan fingerprint density at radius 2 is 1.86 bits per heavy atom. The number of allylic oxidation sites excluding steroid dienone is 1. The lowest BCUT2D eigenvalue weighted by molar-refractivity contribution is -0.124. The van der Waals surface area contributed by atoms with Gasteiger partial charge in [-0.25, -0.2) is 8.42 Å². The first-order valence-corrected chi connectivity index (χ1v) is 10.6. The molecule has 1 aromatic carbocycles. The number of hydrogen-bond acceptors (Lipinski definition) is 7. The number of rotatable bonds is 6. The number of hydrogen-bond donors (Lipinski definition) is 2. The second kappa shape index (κ2) is 8.74. The van der Waals surface area contributed by atoms with E-state index in [4.69, 9.17) is 16.3 Å². The fourth-order valence-electron chi connectivity index (χ4n) is 2.68. The van der Waals surface area contributed by atoms with Crippen molar-refractivity contribution in [1.82, 2.24) is 5.32 Å². The molecule has 0 aromatic heterocycles. The summed E-state index contributed by atoms with van der Waals surface area (Å²) < 4.78 is 30.0. The van der Waals surface area contributed by atoms with Crippen molar-refractivity contribution in [2.45, 2.75) is 31.1 Å². The summed E-state index contributed by atoms with van der Waals surface area (Å²) in [5, 5.41) is 12.5. The number of carbonyl (C=O) groups is 3. The first kappa shape index (κ1) is 21.9. The zero-order chi connectivity index (χ0) is 21.1. The third-order valence-corrected chi connectivity index (χ3v) is 6.39. The van der Waals surface area contributed by atoms with Crippen LogP contribution in [-0.2, 0) is 24.2 Å². The van der Waals surface area contributed by atoms with Crippen molar-refractivity contribution in [2.24, 2.45) is 0 Å². The van der Waals surface area contributed by atoms with E-state index in [1.54, 1.807) is 0 Å². The van der Waals surface area contributed by atoms with Crippen LogP contribution in [0.1, 0.15) is 31.7 Å². The SMILES string of the molecule is CCS(=O)(=O)c1ccc(C(O)=C2C(=O)CCCC2=O)c(Cl)c1OCC(=O)NC. The molecule has 0 atom stereocenters. The second-order valence-corrected chi connectivity index (χ2v) is 8.67. The van der Waals surface area contributed by atoms with E-state index in [0.717, 1.165) is 6.07 Å². The van der Waals surface area contributed by atoms with Gasteiger partial charge in [-0.1, -0.05) is 18.5 Å². The molecule has 0 unspecified atom stereocenters. The smallest absolute Gasteiger partial charge is 0.257 e. The lowest BCUT2D eigenvalue weighted by Gasteiger charge is -2.18. The normalized spacial score (nSPS) is 14.8. The van der Waals surface area contributed by atoms with Gasteiger partial charge in [-0.05, 0) is 18.6 Å². The highest BCUT2D eigenvalue weighted by atomic mass is 35.5. The van der Waals surface area contributed by atoms with Crippen molar-refractivity contribution in [3.05, 3.63) is 28.3 Å². The number of amides is 1. The van der Waals surface area contributed by atoms with Gasteiger partial charge in [0.1, 0.15) is 16.2 Å². The Morgan fingerprint density at radius 1 is 1.25 bits per heavy atom. The van der Waals surface area contributed by atoms with E-state index in [9.17, 15) is 27.9 Å². The number of aliphatic hydroxyl groups excluding tert-OH is 1. The van der Waals surface area contributed by atoms with Crippen LogP contribution >= 0.6 is 11.6 Å². The van der Waals surface area contributed by atoms with Crippen LogP contribution in [-0.4, -0.2) is 50.4 Å². The van der Waals surface area contributed by atoms with Crippen LogP contribution in [0.3, 0.4) is 0 Å². The van der Waals surface area contributed by atoms with Crippen molar-refractivity contribution >= 4 is 44.7 Å². The average Bonchev–Trinajstić information content (AvgIpc) is 2.66. The summed E-state index contributed by atoms with van der Waals surface area (Å²) in [6.07, 6.45) is 0.631. The van der Waals surface area contributed by atoms with E-state index in [2.05, 4.69) is 5.32 Å². The highest BCUT2D eigenvalue weighted by molar-refractivity contribution is 7.91. The van der Waals surface area contributed by atoms with E-state index < -0.39 is 39.7 Å². The predicted octanol–water partition coefficient (Wildman–Crippen LogP) is 1.85. The summed E-state index contributed by atoms with van der Waals surface area (Å²) in [6, 6.07) is 2.36. The third kappa shape index (κ3) is 4.36. The minimum atomic E-state index is -3.77. The maximum Gasteiger partial charge on any atom is 0.257 e. The van der Waals surface area contributed by atoms with Crippen molar-refractivity contribution < 1.29 is 32.6 Å². The van der Waals surface area contributed by atoms with Gasteiger partial charge in [-0.3, -0.25) is 14.4 Å². The molecule has 0 aliphatic heterocycles. The molecule has 2 N–H and O–H groups in total. The molecule has 1 aromatic rings. The minimum absolute atomic E-state index is 0.116. The maximum atomic E-state index is 12.4. The van der Waals surface area contributed by atoms with Gasteiger partial charge >= 0.3 is 0 Å². The summed E-state index contributed by atoms with van der Waals surface area (Å²) in [5.41, 5.74) is -0.487. The molecule has 1 aliphatic carbocycles. The lowest BCUT2D eigenvalue weighted by Crippen LogP contribution is -2.25. The number of aliphatic hydroxyl groups is 1. The number of likely N-dealkylation sites (N-methyl/N-ethyl adjacent to an activating group) is 1. The van der Waals surface area contributed by atoms with E-state index in [-0.39, 0.29) is 45.4 Å². The van der Waals surface area contributed by atoms with E-state index in [0.29, 0.717) is 6.42 Å². The summed E-state index contributed by atoms with van der Waals surface area (Å²) in [6.45, 7) is 0.916. The van der Waals surface area contributed by atoms with Crippen LogP contribution in [0.25, 0.3) is 5.76 Å². The van der Waals surface area contributed by atoms with E-state index in [1.807, 2.05) is 0 Å². The summed E-state index contributed by atoms with van der Waals surface area (Å²) >= 11 is 6.28. The Balaban J connectivity index is 2.66. The first-order chi connectivity index (χ1) is 13.1. The number of benzene rings is 1. The van der Waals surface area contributed by atoms with Gasteiger partial charge in [0.25, 0.3) is 5.91 Å². The summed E-state index contributed by atoms with van der Waals surface area (Å²) in [5.74, 6) is -2.76. The molecule has 1 amide bonds. The molecular formula is C18H20ClNO7S. The Hall–Kier alpha value is -2.39. The van der Waals surface area contributed by atoms with Crippen LogP contribution in [0.2, 0.25) is 5.02 Å². The fourth-order valence-corrected chi connectivity index (χ4v) is 4.07. The zero-order valence-corrected chi connectivity index (χ0v) is 16.9. The molecule has 1 saturated carbocycles. The Morgan fingerprint density at radius 3 is 2.39 bits per heavy atom. The molecule has 152 valence electrons. The monoisotopic (exact) mass is 429 g/mol. The highest BCUT2D eigenvalue weighted by Crippen LogP contribution is 2.39. The van der Waals surface area contributed by atoms with Gasteiger partial charge < -0.3 is 15.2 Å². The van der Waals surface area contributed by atoms with Gasteiger partial charge in [0.15, 0.2) is 33.8 Å². The molecule has 0 radical (unpaired) electrons. The van der Waals surface area contributed by atoms with Crippen LogP contribution in [0.5, 0.6) is 5.75 Å². The zero-order valence-electron chi connectivity index (χ0n) is 15.4. The molecule has 8 nitrogen and oxygen atoms in total. The number of ketones is 2. The minimum Gasteiger partial charge on any atom is -0.506 e. The lowest BCUT2D eigenvalue weighted by atomic mass is 9.90. The highest BCUT2D eigenvalue weighted by Gasteiger charge is 2.30. The molecule has 1 fully saturated rings. The topological polar surface area (TPSA) is 127 Å².